The highest BCUT2D eigenvalue weighted by molar-refractivity contribution is 9.10. The van der Waals surface area contributed by atoms with Gasteiger partial charge in [-0.05, 0) is 18.2 Å². The molecule has 0 N–H and O–H groups in total. The van der Waals surface area contributed by atoms with Gasteiger partial charge in [0.15, 0.2) is 9.84 Å². The van der Waals surface area contributed by atoms with Crippen molar-refractivity contribution < 1.29 is 30.0 Å². The van der Waals surface area contributed by atoms with E-state index in [4.69, 9.17) is 10.7 Å². The first-order valence-corrected chi connectivity index (χ1v) is 9.77. The quantitative estimate of drug-likeness (QED) is 0.709. The highest BCUT2D eigenvalue weighted by Crippen LogP contribution is 2.36. The van der Waals surface area contributed by atoms with Gasteiger partial charge in [-0.3, -0.25) is 0 Å². The van der Waals surface area contributed by atoms with Crippen LogP contribution in [-0.4, -0.2) is 28.3 Å². The van der Waals surface area contributed by atoms with Crippen LogP contribution in [0.2, 0.25) is 0 Å². The minimum Gasteiger partial charge on any atom is -0.224 e. The Bertz CT molecular complexity index is 713. The van der Waals surface area contributed by atoms with Gasteiger partial charge in [0.05, 0.1) is 22.0 Å². The number of rotatable bonds is 4. The van der Waals surface area contributed by atoms with Crippen LogP contribution in [0.25, 0.3) is 0 Å². The van der Waals surface area contributed by atoms with E-state index >= 15 is 0 Å². The van der Waals surface area contributed by atoms with Crippen molar-refractivity contribution in [3.8, 4) is 0 Å². The smallest absolute Gasteiger partial charge is 0.224 e. The normalized spacial score (nSPS) is 13.4. The zero-order chi connectivity index (χ0) is 15.8. The van der Waals surface area contributed by atoms with Crippen molar-refractivity contribution in [2.24, 2.45) is 0 Å². The molecule has 20 heavy (non-hydrogen) atoms. The van der Waals surface area contributed by atoms with Crippen molar-refractivity contribution in [1.82, 2.24) is 0 Å². The molecule has 0 radical (unpaired) electrons. The number of halogens is 5. The third-order valence-corrected chi connectivity index (χ3v) is 5.84. The van der Waals surface area contributed by atoms with Crippen molar-refractivity contribution in [3.05, 3.63) is 28.2 Å². The van der Waals surface area contributed by atoms with Gasteiger partial charge in [0, 0.05) is 15.2 Å². The molecule has 11 heteroatoms. The molecule has 0 fully saturated rings. The van der Waals surface area contributed by atoms with E-state index in [1.165, 1.54) is 0 Å². The van der Waals surface area contributed by atoms with E-state index in [0.717, 1.165) is 12.1 Å². The molecule has 0 spiro atoms. The summed E-state index contributed by atoms with van der Waals surface area (Å²) in [6.45, 7) is 0. The van der Waals surface area contributed by atoms with Crippen LogP contribution in [0.5, 0.6) is 0 Å². The number of hydrogen-bond acceptors (Lipinski definition) is 4. The van der Waals surface area contributed by atoms with Gasteiger partial charge < -0.3 is 0 Å². The van der Waals surface area contributed by atoms with Crippen LogP contribution in [-0.2, 0) is 25.1 Å². The van der Waals surface area contributed by atoms with Crippen molar-refractivity contribution >= 4 is 45.5 Å². The monoisotopic (exact) mass is 414 g/mol. The maximum absolute atomic E-state index is 12.8. The summed E-state index contributed by atoms with van der Waals surface area (Å²) in [7, 11) is -3.70. The van der Waals surface area contributed by atoms with Crippen molar-refractivity contribution in [2.75, 3.05) is 11.5 Å². The molecule has 0 aromatic heterocycles. The van der Waals surface area contributed by atoms with Crippen molar-refractivity contribution in [2.45, 2.75) is 11.1 Å². The van der Waals surface area contributed by atoms with Crippen LogP contribution in [0, 0.1) is 0 Å². The topological polar surface area (TPSA) is 68.3 Å². The van der Waals surface area contributed by atoms with Gasteiger partial charge in [-0.1, -0.05) is 15.9 Å². The van der Waals surface area contributed by atoms with Gasteiger partial charge >= 0.3 is 6.18 Å². The molecule has 0 saturated carbocycles. The third-order valence-electron chi connectivity index (χ3n) is 2.18. The van der Waals surface area contributed by atoms with Gasteiger partial charge in [0.1, 0.15) is 0 Å². The molecule has 0 aliphatic heterocycles. The van der Waals surface area contributed by atoms with Gasteiger partial charge in [0.2, 0.25) is 9.05 Å². The molecule has 1 aromatic rings. The molecule has 0 heterocycles. The number of sulfone groups is 1. The molecule has 4 nitrogen and oxygen atoms in total. The first-order valence-electron chi connectivity index (χ1n) is 4.85. The Hall–Kier alpha value is -0.320. The Morgan fingerprint density at radius 3 is 2.10 bits per heavy atom. The lowest BCUT2D eigenvalue weighted by atomic mass is 10.2. The maximum atomic E-state index is 12.8. The lowest BCUT2D eigenvalue weighted by Crippen LogP contribution is -2.19. The zero-order valence-corrected chi connectivity index (χ0v) is 13.5. The molecular weight excluding hydrogens is 409 g/mol. The highest BCUT2D eigenvalue weighted by atomic mass is 79.9. The Morgan fingerprint density at radius 1 is 1.10 bits per heavy atom. The molecule has 1 rings (SSSR count). The van der Waals surface area contributed by atoms with Crippen LogP contribution in [0.3, 0.4) is 0 Å². The van der Waals surface area contributed by atoms with Gasteiger partial charge in [-0.25, -0.2) is 16.8 Å². The SMILES string of the molecule is O=S(=O)(Cl)CCS(=O)(=O)c1cc(Br)ccc1C(F)(F)F. The number of hydrogen-bond donors (Lipinski definition) is 0. The lowest BCUT2D eigenvalue weighted by Gasteiger charge is -2.13. The summed E-state index contributed by atoms with van der Waals surface area (Å²) in [5, 5.41) is 0. The second kappa shape index (κ2) is 5.82. The van der Waals surface area contributed by atoms with Crippen molar-refractivity contribution in [3.63, 3.8) is 0 Å². The van der Waals surface area contributed by atoms with Crippen LogP contribution >= 0.6 is 26.6 Å². The Balaban J connectivity index is 3.34. The van der Waals surface area contributed by atoms with E-state index in [-0.39, 0.29) is 4.47 Å². The molecule has 0 amide bonds. The van der Waals surface area contributed by atoms with E-state index in [0.29, 0.717) is 6.07 Å². The molecule has 0 saturated heterocycles. The van der Waals surface area contributed by atoms with Crippen LogP contribution in [0.1, 0.15) is 5.56 Å². The minimum absolute atomic E-state index is 0.123. The second-order valence-electron chi connectivity index (χ2n) is 3.70. The van der Waals surface area contributed by atoms with Gasteiger partial charge in [-0.2, -0.15) is 13.2 Å². The van der Waals surface area contributed by atoms with Crippen molar-refractivity contribution in [1.29, 1.82) is 0 Å². The van der Waals surface area contributed by atoms with Crippen LogP contribution in [0.15, 0.2) is 27.6 Å². The Kier molecular flexibility index (Phi) is 5.16. The van der Waals surface area contributed by atoms with Crippen LogP contribution in [0.4, 0.5) is 13.2 Å². The predicted molar refractivity (Wildman–Crippen MR) is 70.8 cm³/mol. The highest BCUT2D eigenvalue weighted by Gasteiger charge is 2.37. The zero-order valence-electron chi connectivity index (χ0n) is 9.49. The fourth-order valence-electron chi connectivity index (χ4n) is 1.31. The molecule has 0 aliphatic rings. The molecule has 114 valence electrons. The summed E-state index contributed by atoms with van der Waals surface area (Å²) < 4.78 is 83.6. The fraction of sp³-hybridized carbons (Fsp3) is 0.333. The third kappa shape index (κ3) is 4.90. The van der Waals surface area contributed by atoms with Gasteiger partial charge in [-0.15, -0.1) is 0 Å². The number of alkyl halides is 3. The Morgan fingerprint density at radius 2 is 1.65 bits per heavy atom. The fourth-order valence-corrected chi connectivity index (χ4v) is 5.11. The second-order valence-corrected chi connectivity index (χ2v) is 9.59. The summed E-state index contributed by atoms with van der Waals surface area (Å²) in [4.78, 5) is -0.986. The minimum atomic E-state index is -4.87. The van der Waals surface area contributed by atoms with E-state index in [1.54, 1.807) is 0 Å². The maximum Gasteiger partial charge on any atom is 0.417 e. The molecule has 0 bridgehead atoms. The van der Waals surface area contributed by atoms with E-state index in [9.17, 15) is 30.0 Å². The molecular formula is C9H7BrClF3O4S2. The molecule has 0 unspecified atom stereocenters. The Labute approximate surface area is 126 Å². The lowest BCUT2D eigenvalue weighted by molar-refractivity contribution is -0.139. The summed E-state index contributed by atoms with van der Waals surface area (Å²) >= 11 is 2.87. The first-order chi connectivity index (χ1) is 8.83. The molecule has 0 atom stereocenters. The summed E-state index contributed by atoms with van der Waals surface area (Å²) in [5.41, 5.74) is -1.35. The first kappa shape index (κ1) is 17.7. The van der Waals surface area contributed by atoms with E-state index in [2.05, 4.69) is 15.9 Å². The molecule has 0 aliphatic carbocycles. The summed E-state index contributed by atoms with van der Waals surface area (Å²) in [6, 6.07) is 2.42. The standard InChI is InChI=1S/C9H7BrClF3O4S2/c10-6-1-2-7(9(12,13)14)8(5-6)19(15,16)3-4-20(11,17)18/h1-2,5H,3-4H2. The van der Waals surface area contributed by atoms with E-state index < -0.39 is 47.0 Å². The predicted octanol–water partition coefficient (Wildman–Crippen LogP) is 2.81. The summed E-state index contributed by atoms with van der Waals surface area (Å²) in [6.07, 6.45) is -4.87. The molecule has 1 aromatic carbocycles. The number of benzene rings is 1. The van der Waals surface area contributed by atoms with Crippen LogP contribution < -0.4 is 0 Å². The van der Waals surface area contributed by atoms with E-state index in [1.807, 2.05) is 0 Å². The summed E-state index contributed by atoms with van der Waals surface area (Å²) in [5.74, 6) is -2.00. The average Bonchev–Trinajstić information content (AvgIpc) is 2.24. The van der Waals surface area contributed by atoms with Gasteiger partial charge in [0.25, 0.3) is 0 Å². The largest absolute Gasteiger partial charge is 0.417 e. The average molecular weight is 416 g/mol.